The van der Waals surface area contributed by atoms with E-state index >= 15 is 0 Å². The van der Waals surface area contributed by atoms with E-state index in [2.05, 4.69) is 0 Å². The minimum absolute atomic E-state index is 0.0292. The maximum atomic E-state index is 14.6. The van der Waals surface area contributed by atoms with E-state index in [1.165, 1.54) is 0 Å². The molecule has 0 N–H and O–H groups in total. The van der Waals surface area contributed by atoms with Crippen LogP contribution in [0.1, 0.15) is 5.56 Å². The Balaban J connectivity index is 2.53. The van der Waals surface area contributed by atoms with Gasteiger partial charge in [0.1, 0.15) is 34.9 Å². The van der Waals surface area contributed by atoms with E-state index in [4.69, 9.17) is 0 Å². The molecule has 0 bridgehead atoms. The second-order valence-electron chi connectivity index (χ2n) is 6.29. The van der Waals surface area contributed by atoms with Gasteiger partial charge in [0.15, 0.2) is 23.3 Å². The Hall–Kier alpha value is -2.98. The van der Waals surface area contributed by atoms with Gasteiger partial charge in [-0.1, -0.05) is 0 Å². The average Bonchev–Trinajstić information content (AvgIpc) is 2.63. The molecule has 30 heavy (non-hydrogen) atoms. The van der Waals surface area contributed by atoms with E-state index in [9.17, 15) is 43.9 Å². The highest BCUT2D eigenvalue weighted by atomic mass is 19.2. The zero-order valence-corrected chi connectivity index (χ0v) is 14.7. The molecule has 0 atom stereocenters. The maximum Gasteiger partial charge on any atom is 0.264 e. The summed E-state index contributed by atoms with van der Waals surface area (Å²) in [5, 5.41) is 0. The summed E-state index contributed by atoms with van der Waals surface area (Å²) in [7, 11) is 0. The third kappa shape index (κ3) is 3.42. The van der Waals surface area contributed by atoms with Gasteiger partial charge in [-0.3, -0.25) is 0 Å². The number of benzene rings is 3. The van der Waals surface area contributed by atoms with Crippen LogP contribution in [0.5, 0.6) is 0 Å². The lowest BCUT2D eigenvalue weighted by molar-refractivity contribution is 0.453. The van der Waals surface area contributed by atoms with E-state index in [1.54, 1.807) is 0 Å². The molecular weight excluding hydrogens is 429 g/mol. The van der Waals surface area contributed by atoms with Crippen LogP contribution < -0.4 is 16.4 Å². The molecule has 0 aliphatic carbocycles. The summed E-state index contributed by atoms with van der Waals surface area (Å²) in [6.45, 7) is -2.16. The molecule has 0 saturated carbocycles. The number of hydrogen-bond donors (Lipinski definition) is 0. The van der Waals surface area contributed by atoms with Crippen LogP contribution in [0.25, 0.3) is 0 Å². The third-order valence-corrected chi connectivity index (χ3v) is 4.47. The average molecular weight is 436 g/mol. The molecule has 0 unspecified atom stereocenters. The Morgan fingerprint density at radius 1 is 0.467 bits per heavy atom. The van der Waals surface area contributed by atoms with Crippen molar-refractivity contribution in [1.29, 1.82) is 0 Å². The zero-order chi connectivity index (χ0) is 22.5. The molecule has 0 fully saturated rings. The van der Waals surface area contributed by atoms with Crippen molar-refractivity contribution >= 4 is 23.1 Å². The molecule has 0 saturated heterocycles. The smallest absolute Gasteiger partial charge is 0.207 e. The van der Waals surface area contributed by atoms with Crippen LogP contribution in [0.15, 0.2) is 24.3 Å². The molecule has 0 spiro atoms. The number of hydrogen-bond acceptors (Lipinski definition) is 0. The standard InChI is InChI=1S/C19H7BF10/c1-6-16(27)18(29)15(19(30)17(6)28)20(13-9(23)2-7(21)3-10(13)24)14-11(25)4-8(22)5-12(14)26/h2-5H,1H3. The lowest BCUT2D eigenvalue weighted by atomic mass is 9.36. The molecule has 0 heterocycles. The Kier molecular flexibility index (Phi) is 5.57. The fourth-order valence-electron chi connectivity index (χ4n) is 3.10. The minimum atomic E-state index is -2.81. The topological polar surface area (TPSA) is 0 Å². The van der Waals surface area contributed by atoms with E-state index in [1.807, 2.05) is 0 Å². The van der Waals surface area contributed by atoms with E-state index in [0.717, 1.165) is 0 Å². The molecular formula is C19H7BF10. The van der Waals surface area contributed by atoms with Crippen molar-refractivity contribution < 1.29 is 43.9 Å². The molecule has 156 valence electrons. The summed E-state index contributed by atoms with van der Waals surface area (Å²) in [5.41, 5.74) is -5.96. The van der Waals surface area contributed by atoms with Gasteiger partial charge in [-0.25, -0.2) is 43.9 Å². The summed E-state index contributed by atoms with van der Waals surface area (Å²) >= 11 is 0. The summed E-state index contributed by atoms with van der Waals surface area (Å²) in [6, 6.07) is 0.117. The fraction of sp³-hybridized carbons (Fsp3) is 0.0526. The lowest BCUT2D eigenvalue weighted by Crippen LogP contribution is -2.59. The summed E-state index contributed by atoms with van der Waals surface area (Å²) in [5.74, 6) is -18.8. The number of rotatable bonds is 3. The van der Waals surface area contributed by atoms with Gasteiger partial charge in [-0.05, 0) is 6.92 Å². The molecule has 0 aromatic heterocycles. The van der Waals surface area contributed by atoms with Gasteiger partial charge in [0, 0.05) is 46.2 Å². The molecule has 11 heteroatoms. The highest BCUT2D eigenvalue weighted by Gasteiger charge is 2.40. The normalized spacial score (nSPS) is 11.2. The summed E-state index contributed by atoms with van der Waals surface area (Å²) in [4.78, 5) is 0. The molecule has 0 amide bonds. The highest BCUT2D eigenvalue weighted by Crippen LogP contribution is 2.19. The molecule has 0 aliphatic rings. The lowest BCUT2D eigenvalue weighted by Gasteiger charge is -2.20. The van der Waals surface area contributed by atoms with Gasteiger partial charge < -0.3 is 0 Å². The summed E-state index contributed by atoms with van der Waals surface area (Å²) < 4.78 is 141. The first-order valence-electron chi connectivity index (χ1n) is 8.07. The van der Waals surface area contributed by atoms with Gasteiger partial charge in [0.2, 0.25) is 0 Å². The quantitative estimate of drug-likeness (QED) is 0.332. The molecule has 3 rings (SSSR count). The predicted molar refractivity (Wildman–Crippen MR) is 88.3 cm³/mol. The predicted octanol–water partition coefficient (Wildman–Crippen LogP) is 3.90. The zero-order valence-electron chi connectivity index (χ0n) is 14.7. The van der Waals surface area contributed by atoms with Crippen LogP contribution in [-0.2, 0) is 0 Å². The maximum absolute atomic E-state index is 14.6. The monoisotopic (exact) mass is 436 g/mol. The van der Waals surface area contributed by atoms with Crippen molar-refractivity contribution in [3.05, 3.63) is 88.0 Å². The molecule has 0 aliphatic heterocycles. The van der Waals surface area contributed by atoms with Crippen molar-refractivity contribution in [2.24, 2.45) is 0 Å². The summed E-state index contributed by atoms with van der Waals surface area (Å²) in [6.07, 6.45) is 0. The first-order valence-corrected chi connectivity index (χ1v) is 8.07. The number of halogens is 10. The van der Waals surface area contributed by atoms with Gasteiger partial charge in [-0.15, -0.1) is 0 Å². The van der Waals surface area contributed by atoms with Crippen LogP contribution in [0.3, 0.4) is 0 Å². The second-order valence-corrected chi connectivity index (χ2v) is 6.29. The Morgan fingerprint density at radius 3 is 1.07 bits per heavy atom. The molecule has 3 aromatic carbocycles. The van der Waals surface area contributed by atoms with Gasteiger partial charge in [-0.2, -0.15) is 0 Å². The van der Waals surface area contributed by atoms with Crippen LogP contribution in [-0.4, -0.2) is 6.71 Å². The Bertz CT molecular complexity index is 1040. The van der Waals surface area contributed by atoms with Crippen LogP contribution in [0, 0.1) is 65.1 Å². The van der Waals surface area contributed by atoms with E-state index in [0.29, 0.717) is 6.92 Å². The first kappa shape index (κ1) is 21.7. The van der Waals surface area contributed by atoms with Gasteiger partial charge >= 0.3 is 0 Å². The van der Waals surface area contributed by atoms with Crippen molar-refractivity contribution in [3.63, 3.8) is 0 Å². The van der Waals surface area contributed by atoms with Crippen molar-refractivity contribution in [2.75, 3.05) is 0 Å². The van der Waals surface area contributed by atoms with Crippen LogP contribution in [0.4, 0.5) is 43.9 Å². The first-order chi connectivity index (χ1) is 14.0. The van der Waals surface area contributed by atoms with Gasteiger partial charge in [0.05, 0.1) is 0 Å². The van der Waals surface area contributed by atoms with Crippen molar-refractivity contribution in [2.45, 2.75) is 6.92 Å². The minimum Gasteiger partial charge on any atom is -0.207 e. The van der Waals surface area contributed by atoms with Gasteiger partial charge in [0.25, 0.3) is 6.71 Å². The molecule has 0 nitrogen and oxygen atoms in total. The van der Waals surface area contributed by atoms with E-state index < -0.39 is 86.8 Å². The van der Waals surface area contributed by atoms with E-state index in [-0.39, 0.29) is 24.3 Å². The second kappa shape index (κ2) is 7.69. The largest absolute Gasteiger partial charge is 0.264 e. The SMILES string of the molecule is Cc1c(F)c(F)c(B(c2c(F)cc(F)cc2F)c2c(F)cc(F)cc2F)c(F)c1F. The van der Waals surface area contributed by atoms with Crippen molar-refractivity contribution in [3.8, 4) is 0 Å². The van der Waals surface area contributed by atoms with Crippen molar-refractivity contribution in [1.82, 2.24) is 0 Å². The van der Waals surface area contributed by atoms with Crippen LogP contribution >= 0.6 is 0 Å². The fourth-order valence-corrected chi connectivity index (χ4v) is 3.10. The Labute approximate surface area is 162 Å². The Morgan fingerprint density at radius 2 is 0.767 bits per heavy atom. The highest BCUT2D eigenvalue weighted by molar-refractivity contribution is 6.95. The van der Waals surface area contributed by atoms with Crippen LogP contribution in [0.2, 0.25) is 0 Å². The molecule has 0 radical (unpaired) electrons. The third-order valence-electron chi connectivity index (χ3n) is 4.47. The molecule has 3 aromatic rings.